The zero-order valence-corrected chi connectivity index (χ0v) is 13.8. The van der Waals surface area contributed by atoms with E-state index in [4.69, 9.17) is 9.84 Å². The lowest BCUT2D eigenvalue weighted by Crippen LogP contribution is -2.24. The van der Waals surface area contributed by atoms with Crippen LogP contribution in [0.15, 0.2) is 42.5 Å². The van der Waals surface area contributed by atoms with Crippen molar-refractivity contribution in [3.8, 4) is 5.75 Å². The van der Waals surface area contributed by atoms with Crippen LogP contribution in [0, 0.1) is 0 Å². The molecule has 0 unspecified atom stereocenters. The van der Waals surface area contributed by atoms with E-state index in [1.807, 2.05) is 12.1 Å². The first kappa shape index (κ1) is 16.2. The summed E-state index contributed by atoms with van der Waals surface area (Å²) in [6, 6.07) is 11.6. The van der Waals surface area contributed by atoms with E-state index in [0.29, 0.717) is 11.3 Å². The number of carbonyl (C=O) groups excluding carboxylic acids is 1. The molecule has 4 nitrogen and oxygen atoms in total. The zero-order valence-electron chi connectivity index (χ0n) is 13.8. The fourth-order valence-corrected chi connectivity index (χ4v) is 3.24. The Labute approximate surface area is 141 Å². The molecule has 0 atom stereocenters. The molecule has 0 radical (unpaired) electrons. The molecular formula is C20H20O4. The molecule has 1 aliphatic rings. The fraction of sp³-hybridized carbons (Fsp3) is 0.300. The number of hydrogen-bond donors (Lipinski definition) is 1. The number of hydrogen-bond acceptors (Lipinski definition) is 3. The molecule has 4 heteroatoms. The van der Waals surface area contributed by atoms with Crippen LogP contribution in [0.5, 0.6) is 5.75 Å². The number of rotatable bonds is 3. The van der Waals surface area contributed by atoms with Crippen LogP contribution in [0.4, 0.5) is 0 Å². The summed E-state index contributed by atoms with van der Waals surface area (Å²) < 4.78 is 5.36. The Morgan fingerprint density at radius 2 is 1.71 bits per heavy atom. The van der Waals surface area contributed by atoms with E-state index < -0.39 is 11.9 Å². The van der Waals surface area contributed by atoms with Gasteiger partial charge in [-0.3, -0.25) is 0 Å². The van der Waals surface area contributed by atoms with Crippen LogP contribution in [-0.4, -0.2) is 17.0 Å². The van der Waals surface area contributed by atoms with Gasteiger partial charge < -0.3 is 9.84 Å². The maximum Gasteiger partial charge on any atom is 0.343 e. The van der Waals surface area contributed by atoms with Crippen molar-refractivity contribution in [1.82, 2.24) is 0 Å². The molecule has 24 heavy (non-hydrogen) atoms. The van der Waals surface area contributed by atoms with Crippen molar-refractivity contribution in [2.75, 3.05) is 0 Å². The van der Waals surface area contributed by atoms with Crippen LogP contribution in [0.25, 0.3) is 0 Å². The van der Waals surface area contributed by atoms with Crippen molar-refractivity contribution in [3.63, 3.8) is 0 Å². The summed E-state index contributed by atoms with van der Waals surface area (Å²) >= 11 is 0. The van der Waals surface area contributed by atoms with E-state index in [1.54, 1.807) is 6.07 Å². The highest BCUT2D eigenvalue weighted by Crippen LogP contribution is 2.37. The van der Waals surface area contributed by atoms with Crippen molar-refractivity contribution in [1.29, 1.82) is 0 Å². The van der Waals surface area contributed by atoms with E-state index in [2.05, 4.69) is 13.8 Å². The van der Waals surface area contributed by atoms with Crippen LogP contribution in [0.3, 0.4) is 0 Å². The van der Waals surface area contributed by atoms with Crippen molar-refractivity contribution < 1.29 is 19.4 Å². The predicted molar refractivity (Wildman–Crippen MR) is 90.8 cm³/mol. The molecule has 1 aliphatic carbocycles. The van der Waals surface area contributed by atoms with Crippen LogP contribution in [0.1, 0.15) is 58.5 Å². The molecule has 1 N–H and O–H groups in total. The van der Waals surface area contributed by atoms with Gasteiger partial charge in [0.2, 0.25) is 0 Å². The Bertz CT molecular complexity index is 788. The molecule has 0 bridgehead atoms. The maximum atomic E-state index is 12.4. The second-order valence-electron chi connectivity index (χ2n) is 6.83. The van der Waals surface area contributed by atoms with Gasteiger partial charge in [-0.15, -0.1) is 0 Å². The summed E-state index contributed by atoms with van der Waals surface area (Å²) in [5, 5.41) is 8.89. The fourth-order valence-electron chi connectivity index (χ4n) is 3.24. The first-order valence-electron chi connectivity index (χ1n) is 8.06. The highest BCUT2D eigenvalue weighted by atomic mass is 16.5. The minimum atomic E-state index is -1.01. The molecule has 0 saturated carbocycles. The summed E-state index contributed by atoms with van der Waals surface area (Å²) in [5.74, 6) is -1.10. The first-order valence-corrected chi connectivity index (χ1v) is 8.06. The molecule has 0 aromatic heterocycles. The summed E-state index contributed by atoms with van der Waals surface area (Å²) in [7, 11) is 0. The lowest BCUT2D eigenvalue weighted by Gasteiger charge is -2.32. The highest BCUT2D eigenvalue weighted by Gasteiger charge is 2.28. The number of aromatic carboxylic acids is 1. The van der Waals surface area contributed by atoms with Gasteiger partial charge in [0.25, 0.3) is 0 Å². The molecule has 3 rings (SSSR count). The number of carboxylic acid groups (broad SMARTS) is 1. The number of carbonyl (C=O) groups is 2. The third-order valence-corrected chi connectivity index (χ3v) is 4.63. The van der Waals surface area contributed by atoms with Crippen LogP contribution in [-0.2, 0) is 11.8 Å². The summed E-state index contributed by atoms with van der Waals surface area (Å²) in [5.41, 5.74) is 3.25. The molecule has 0 fully saturated rings. The topological polar surface area (TPSA) is 63.6 Å². The number of aryl methyl sites for hydroxylation is 1. The lowest BCUT2D eigenvalue weighted by molar-refractivity contribution is 0.0696. The molecule has 0 amide bonds. The molecule has 0 heterocycles. The second-order valence-corrected chi connectivity index (χ2v) is 6.83. The van der Waals surface area contributed by atoms with Gasteiger partial charge >= 0.3 is 11.9 Å². The van der Waals surface area contributed by atoms with Gasteiger partial charge in [-0.2, -0.15) is 0 Å². The molecule has 0 saturated heterocycles. The van der Waals surface area contributed by atoms with Gasteiger partial charge in [0, 0.05) is 0 Å². The average molecular weight is 324 g/mol. The minimum absolute atomic E-state index is 0.0625. The smallest absolute Gasteiger partial charge is 0.343 e. The van der Waals surface area contributed by atoms with Gasteiger partial charge in [0.05, 0.1) is 11.1 Å². The van der Waals surface area contributed by atoms with E-state index >= 15 is 0 Å². The predicted octanol–water partition coefficient (Wildman–Crippen LogP) is 4.22. The van der Waals surface area contributed by atoms with E-state index in [1.165, 1.54) is 41.8 Å². The van der Waals surface area contributed by atoms with E-state index in [0.717, 1.165) is 12.8 Å². The lowest BCUT2D eigenvalue weighted by atomic mass is 9.72. The largest absolute Gasteiger partial charge is 0.478 e. The van der Waals surface area contributed by atoms with Gasteiger partial charge in [0.15, 0.2) is 0 Å². The van der Waals surface area contributed by atoms with E-state index in [-0.39, 0.29) is 11.0 Å². The summed E-state index contributed by atoms with van der Waals surface area (Å²) in [6.45, 7) is 4.40. The van der Waals surface area contributed by atoms with Crippen LogP contribution in [0.2, 0.25) is 0 Å². The third-order valence-electron chi connectivity index (χ3n) is 4.63. The Kier molecular flexibility index (Phi) is 4.14. The van der Waals surface area contributed by atoms with Crippen molar-refractivity contribution in [2.24, 2.45) is 0 Å². The van der Waals surface area contributed by atoms with Gasteiger partial charge in [-0.05, 0) is 72.2 Å². The van der Waals surface area contributed by atoms with E-state index in [9.17, 15) is 9.59 Å². The normalized spacial score (nSPS) is 15.4. The van der Waals surface area contributed by atoms with Gasteiger partial charge in [0.1, 0.15) is 5.75 Å². The zero-order chi connectivity index (χ0) is 17.3. The SMILES string of the molecule is CC1(C)CCCc2ccc(C(=O)Oc3ccc(C(=O)O)cc3)cc21. The summed E-state index contributed by atoms with van der Waals surface area (Å²) in [4.78, 5) is 23.2. The van der Waals surface area contributed by atoms with Crippen LogP contribution >= 0.6 is 0 Å². The Hall–Kier alpha value is -2.62. The quantitative estimate of drug-likeness (QED) is 0.678. The van der Waals surface area contributed by atoms with Gasteiger partial charge in [-0.1, -0.05) is 19.9 Å². The van der Waals surface area contributed by atoms with Gasteiger partial charge in [-0.25, -0.2) is 9.59 Å². The average Bonchev–Trinajstić information content (AvgIpc) is 2.55. The molecule has 2 aromatic carbocycles. The second kappa shape index (κ2) is 6.11. The standard InChI is InChI=1S/C20H20O4/c1-20(2)11-3-4-13-5-6-15(12-17(13)20)19(23)24-16-9-7-14(8-10-16)18(21)22/h5-10,12H,3-4,11H2,1-2H3,(H,21,22). The molecule has 2 aromatic rings. The van der Waals surface area contributed by atoms with Crippen molar-refractivity contribution in [2.45, 2.75) is 38.5 Å². The molecule has 0 aliphatic heterocycles. The van der Waals surface area contributed by atoms with Crippen molar-refractivity contribution >= 4 is 11.9 Å². The van der Waals surface area contributed by atoms with Crippen molar-refractivity contribution in [3.05, 3.63) is 64.7 Å². The number of esters is 1. The highest BCUT2D eigenvalue weighted by molar-refractivity contribution is 5.92. The monoisotopic (exact) mass is 324 g/mol. The molecule has 124 valence electrons. The Morgan fingerprint density at radius 3 is 2.38 bits per heavy atom. The van der Waals surface area contributed by atoms with Crippen LogP contribution < -0.4 is 4.74 Å². The maximum absolute atomic E-state index is 12.4. The first-order chi connectivity index (χ1) is 11.4. The number of ether oxygens (including phenoxy) is 1. The number of carboxylic acids is 1. The molecule has 0 spiro atoms. The summed E-state index contributed by atoms with van der Waals surface area (Å²) in [6.07, 6.45) is 3.32. The number of fused-ring (bicyclic) bond motifs is 1. The minimum Gasteiger partial charge on any atom is -0.478 e. The Balaban J connectivity index is 1.82. The molecular weight excluding hydrogens is 304 g/mol. The Morgan fingerprint density at radius 1 is 1.04 bits per heavy atom. The number of benzene rings is 2. The third kappa shape index (κ3) is 3.18.